The molecular formula is C42H66O14. The quantitative estimate of drug-likeness (QED) is 0.110. The highest BCUT2D eigenvalue weighted by molar-refractivity contribution is 5.79. The first-order chi connectivity index (χ1) is 26.0. The summed E-state index contributed by atoms with van der Waals surface area (Å²) < 4.78 is 23.5. The molecule has 0 unspecified atom stereocenters. The average molecular weight is 795 g/mol. The maximum Gasteiger partial charge on any atom is 0.335 e. The summed E-state index contributed by atoms with van der Waals surface area (Å²) in [6.45, 7) is 15.5. The van der Waals surface area contributed by atoms with Gasteiger partial charge in [0.05, 0.1) is 18.1 Å². The van der Waals surface area contributed by atoms with Crippen LogP contribution in [-0.2, 0) is 28.5 Å². The van der Waals surface area contributed by atoms with E-state index in [4.69, 9.17) is 18.9 Å². The minimum absolute atomic E-state index is 0.0330. The lowest BCUT2D eigenvalue weighted by atomic mass is 9.33. The Kier molecular flexibility index (Phi) is 10.8. The average Bonchev–Trinajstić information content (AvgIpc) is 3.12. The van der Waals surface area contributed by atoms with Gasteiger partial charge in [0, 0.05) is 0 Å². The standard InChI is InChI=1S/C42H66O14/c1-37(2)14-16-42(36(52)56-34-30(48)27(45)26(44)22(19-43)53-34)17-15-40(6)20(21(42)18-37)8-9-24-39(5)12-11-25(38(3,4)23(39)10-13-41(24,40)7)54-35-31(49)28(46)29(47)32(55-35)33(50)51/h8,21-32,34-35,43-49H,9-19H2,1-7H3,(H,50,51)/t21-,22+,23-,24+,25-,26+,27-,28-,29+,30+,31+,32-,34-,35+,39-,40+,41+,42-/m0/s1. The van der Waals surface area contributed by atoms with Gasteiger partial charge in [-0.1, -0.05) is 60.1 Å². The van der Waals surface area contributed by atoms with Crippen molar-refractivity contribution in [1.82, 2.24) is 0 Å². The van der Waals surface area contributed by atoms with Gasteiger partial charge in [-0.2, -0.15) is 0 Å². The van der Waals surface area contributed by atoms with Crippen LogP contribution in [0.3, 0.4) is 0 Å². The summed E-state index contributed by atoms with van der Waals surface area (Å²) in [7, 11) is 0. The lowest BCUT2D eigenvalue weighted by Crippen LogP contribution is -2.66. The fourth-order valence-electron chi connectivity index (χ4n) is 13.5. The molecule has 6 fully saturated rings. The molecule has 5 aliphatic carbocycles. The fourth-order valence-corrected chi connectivity index (χ4v) is 13.5. The van der Waals surface area contributed by atoms with Crippen LogP contribution in [0.5, 0.6) is 0 Å². The molecule has 0 bridgehead atoms. The monoisotopic (exact) mass is 794 g/mol. The number of ether oxygens (including phenoxy) is 4. The predicted molar refractivity (Wildman–Crippen MR) is 198 cm³/mol. The van der Waals surface area contributed by atoms with Crippen molar-refractivity contribution in [2.24, 2.45) is 50.2 Å². The normalized spacial score (nSPS) is 52.3. The molecule has 18 atom stereocenters. The molecule has 7 rings (SSSR count). The lowest BCUT2D eigenvalue weighted by Gasteiger charge is -2.71. The summed E-state index contributed by atoms with van der Waals surface area (Å²) in [6.07, 6.45) is -6.14. The van der Waals surface area contributed by atoms with E-state index in [2.05, 4.69) is 54.5 Å². The van der Waals surface area contributed by atoms with Crippen molar-refractivity contribution >= 4 is 11.9 Å². The maximum atomic E-state index is 14.6. The van der Waals surface area contributed by atoms with Gasteiger partial charge in [-0.25, -0.2) is 4.79 Å². The molecule has 0 amide bonds. The number of aliphatic hydroxyl groups is 7. The Hall–Kier alpha value is -1.72. The van der Waals surface area contributed by atoms with E-state index in [1.807, 2.05) is 0 Å². The zero-order chi connectivity index (χ0) is 41.1. The van der Waals surface area contributed by atoms with Crippen LogP contribution >= 0.6 is 0 Å². The highest BCUT2D eigenvalue weighted by Gasteiger charge is 2.70. The number of hydrogen-bond donors (Lipinski definition) is 8. The highest BCUT2D eigenvalue weighted by Crippen LogP contribution is 2.76. The van der Waals surface area contributed by atoms with Gasteiger partial charge in [-0.05, 0) is 109 Å². The number of carbonyl (C=O) groups is 2. The topological polar surface area (TPSA) is 233 Å². The summed E-state index contributed by atoms with van der Waals surface area (Å²) in [5, 5.41) is 82.4. The second kappa shape index (κ2) is 14.2. The molecule has 2 saturated heterocycles. The van der Waals surface area contributed by atoms with Gasteiger partial charge >= 0.3 is 11.9 Å². The van der Waals surface area contributed by atoms with Gasteiger partial charge in [0.15, 0.2) is 12.4 Å². The van der Waals surface area contributed by atoms with Crippen molar-refractivity contribution < 1.29 is 69.4 Å². The Bertz CT molecular complexity index is 1560. The van der Waals surface area contributed by atoms with Gasteiger partial charge in [0.1, 0.15) is 42.7 Å². The largest absolute Gasteiger partial charge is 0.479 e. The SMILES string of the molecule is CC1(C)CC[C@]2(C(=O)O[C@@H]3O[C@H](CO)[C@@H](O)[C@H](O)[C@H]3O)CC[C@]3(C)C(=CC[C@@H]4[C@@]5(C)CC[C@H](O[C@@H]6O[C@H](C(=O)O)[C@H](O)[C@H](O)[C@H]6O)C(C)(C)[C@@H]5CC[C@]43C)[C@@H]2C1. The number of carbonyl (C=O) groups excluding carboxylic acids is 1. The van der Waals surface area contributed by atoms with Gasteiger partial charge in [-0.3, -0.25) is 4.79 Å². The van der Waals surface area contributed by atoms with E-state index < -0.39 is 96.9 Å². The molecule has 8 N–H and O–H groups in total. The number of aliphatic hydroxyl groups excluding tert-OH is 7. The molecular weight excluding hydrogens is 728 g/mol. The van der Waals surface area contributed by atoms with Gasteiger partial charge in [-0.15, -0.1) is 0 Å². The molecule has 0 aromatic heterocycles. The summed E-state index contributed by atoms with van der Waals surface area (Å²) >= 11 is 0. The number of rotatable bonds is 6. The summed E-state index contributed by atoms with van der Waals surface area (Å²) in [5.74, 6) is -1.52. The first kappa shape index (κ1) is 42.4. The van der Waals surface area contributed by atoms with Crippen molar-refractivity contribution in [3.63, 3.8) is 0 Å². The minimum Gasteiger partial charge on any atom is -0.479 e. The van der Waals surface area contributed by atoms with Crippen LogP contribution in [0.25, 0.3) is 0 Å². The third-order valence-electron chi connectivity index (χ3n) is 17.2. The number of fused-ring (bicyclic) bond motifs is 7. The van der Waals surface area contributed by atoms with Crippen LogP contribution in [-0.4, -0.2) is 127 Å². The first-order valence-corrected chi connectivity index (χ1v) is 20.8. The van der Waals surface area contributed by atoms with Crippen molar-refractivity contribution in [2.45, 2.75) is 180 Å². The van der Waals surface area contributed by atoms with Crippen molar-refractivity contribution in [3.8, 4) is 0 Å². The van der Waals surface area contributed by atoms with Crippen molar-refractivity contribution in [3.05, 3.63) is 11.6 Å². The number of carboxylic acids is 1. The first-order valence-electron chi connectivity index (χ1n) is 20.8. The number of esters is 1. The van der Waals surface area contributed by atoms with Gasteiger partial charge in [0.2, 0.25) is 6.29 Å². The zero-order valence-corrected chi connectivity index (χ0v) is 34.0. The highest BCUT2D eigenvalue weighted by atomic mass is 16.7. The Labute approximate surface area is 329 Å². The van der Waals surface area contributed by atoms with E-state index in [1.54, 1.807) is 0 Å². The third kappa shape index (κ3) is 6.17. The number of allylic oxidation sites excluding steroid dienone is 2. The summed E-state index contributed by atoms with van der Waals surface area (Å²) in [4.78, 5) is 26.4. The second-order valence-corrected chi connectivity index (χ2v) is 20.7. The Morgan fingerprint density at radius 1 is 0.750 bits per heavy atom. The number of carboxylic acid groups (broad SMARTS) is 1. The predicted octanol–water partition coefficient (Wildman–Crippen LogP) is 2.41. The molecule has 0 aromatic rings. The van der Waals surface area contributed by atoms with E-state index in [-0.39, 0.29) is 33.5 Å². The van der Waals surface area contributed by atoms with Crippen LogP contribution in [0.1, 0.15) is 113 Å². The van der Waals surface area contributed by atoms with Crippen molar-refractivity contribution in [2.75, 3.05) is 6.61 Å². The van der Waals surface area contributed by atoms with E-state index in [1.165, 1.54) is 5.57 Å². The maximum absolute atomic E-state index is 14.6. The van der Waals surface area contributed by atoms with Crippen LogP contribution in [0.4, 0.5) is 0 Å². The Balaban J connectivity index is 1.16. The molecule has 318 valence electrons. The molecule has 14 nitrogen and oxygen atoms in total. The number of aliphatic carboxylic acids is 1. The molecule has 56 heavy (non-hydrogen) atoms. The Morgan fingerprint density at radius 2 is 1.39 bits per heavy atom. The molecule has 14 heteroatoms. The smallest absolute Gasteiger partial charge is 0.335 e. The molecule has 7 aliphatic rings. The molecule has 4 saturated carbocycles. The Morgan fingerprint density at radius 3 is 2.05 bits per heavy atom. The molecule has 2 heterocycles. The summed E-state index contributed by atoms with van der Waals surface area (Å²) in [6, 6.07) is 0. The van der Waals surface area contributed by atoms with Gasteiger partial charge in [0.25, 0.3) is 0 Å². The van der Waals surface area contributed by atoms with E-state index in [9.17, 15) is 50.4 Å². The van der Waals surface area contributed by atoms with Crippen LogP contribution < -0.4 is 0 Å². The lowest BCUT2D eigenvalue weighted by molar-refractivity contribution is -0.324. The van der Waals surface area contributed by atoms with E-state index >= 15 is 0 Å². The summed E-state index contributed by atoms with van der Waals surface area (Å²) in [5.41, 5.74) is -0.448. The second-order valence-electron chi connectivity index (χ2n) is 20.7. The minimum atomic E-state index is -1.79. The molecule has 0 aromatic carbocycles. The third-order valence-corrected chi connectivity index (χ3v) is 17.2. The molecule has 2 aliphatic heterocycles. The van der Waals surface area contributed by atoms with Crippen LogP contribution in [0.15, 0.2) is 11.6 Å². The fraction of sp³-hybridized carbons (Fsp3) is 0.905. The molecule has 0 spiro atoms. The van der Waals surface area contributed by atoms with Crippen molar-refractivity contribution in [1.29, 1.82) is 0 Å². The molecule has 0 radical (unpaired) electrons. The van der Waals surface area contributed by atoms with Crippen LogP contribution in [0, 0.1) is 50.2 Å². The zero-order valence-electron chi connectivity index (χ0n) is 34.0. The van der Waals surface area contributed by atoms with E-state index in [0.717, 1.165) is 44.9 Å². The van der Waals surface area contributed by atoms with Crippen LogP contribution in [0.2, 0.25) is 0 Å². The number of hydrogen-bond acceptors (Lipinski definition) is 13. The van der Waals surface area contributed by atoms with E-state index in [0.29, 0.717) is 25.2 Å². The van der Waals surface area contributed by atoms with Gasteiger partial charge < -0.3 is 59.8 Å².